The van der Waals surface area contributed by atoms with Gasteiger partial charge in [0.1, 0.15) is 0 Å². The molecule has 1 atom stereocenters. The van der Waals surface area contributed by atoms with Crippen molar-refractivity contribution in [1.82, 2.24) is 10.2 Å². The molecular formula is C13H26N2O2. The molecule has 0 spiro atoms. The van der Waals surface area contributed by atoms with Crippen LogP contribution in [0.1, 0.15) is 46.0 Å². The summed E-state index contributed by atoms with van der Waals surface area (Å²) in [6, 6.07) is 0. The van der Waals surface area contributed by atoms with Crippen molar-refractivity contribution in [3.63, 3.8) is 0 Å². The maximum atomic E-state index is 12.5. The number of hydrogen-bond acceptors (Lipinski definition) is 3. The van der Waals surface area contributed by atoms with Gasteiger partial charge in [0, 0.05) is 13.1 Å². The third-order valence-electron chi connectivity index (χ3n) is 3.70. The van der Waals surface area contributed by atoms with Gasteiger partial charge in [-0.05, 0) is 32.2 Å². The molecule has 1 unspecified atom stereocenters. The SMILES string of the molecule is CCCCN(CCO)C(=O)C1(CC)CCCN1. The second-order valence-electron chi connectivity index (χ2n) is 4.84. The highest BCUT2D eigenvalue weighted by molar-refractivity contribution is 5.86. The van der Waals surface area contributed by atoms with Crippen LogP contribution in [0.15, 0.2) is 0 Å². The molecule has 0 radical (unpaired) electrons. The highest BCUT2D eigenvalue weighted by atomic mass is 16.3. The average molecular weight is 242 g/mol. The maximum Gasteiger partial charge on any atom is 0.242 e. The summed E-state index contributed by atoms with van der Waals surface area (Å²) in [6.07, 6.45) is 4.91. The van der Waals surface area contributed by atoms with Crippen LogP contribution in [-0.2, 0) is 4.79 Å². The van der Waals surface area contributed by atoms with Crippen LogP contribution in [0.4, 0.5) is 0 Å². The molecule has 100 valence electrons. The topological polar surface area (TPSA) is 52.6 Å². The molecule has 17 heavy (non-hydrogen) atoms. The van der Waals surface area contributed by atoms with Gasteiger partial charge in [0.25, 0.3) is 0 Å². The van der Waals surface area contributed by atoms with Gasteiger partial charge in [-0.1, -0.05) is 20.3 Å². The molecule has 0 aromatic rings. The minimum Gasteiger partial charge on any atom is -0.395 e. The summed E-state index contributed by atoms with van der Waals surface area (Å²) in [7, 11) is 0. The number of amides is 1. The van der Waals surface area contributed by atoms with E-state index >= 15 is 0 Å². The Balaban J connectivity index is 2.67. The van der Waals surface area contributed by atoms with E-state index < -0.39 is 0 Å². The van der Waals surface area contributed by atoms with Crippen molar-refractivity contribution in [3.05, 3.63) is 0 Å². The Morgan fingerprint density at radius 3 is 2.65 bits per heavy atom. The molecule has 0 aliphatic carbocycles. The summed E-state index contributed by atoms with van der Waals surface area (Å²) < 4.78 is 0. The van der Waals surface area contributed by atoms with Gasteiger partial charge in [-0.15, -0.1) is 0 Å². The van der Waals surface area contributed by atoms with E-state index in [9.17, 15) is 4.79 Å². The van der Waals surface area contributed by atoms with Gasteiger partial charge in [-0.2, -0.15) is 0 Å². The largest absolute Gasteiger partial charge is 0.395 e. The van der Waals surface area contributed by atoms with E-state index in [1.165, 1.54) is 0 Å². The van der Waals surface area contributed by atoms with E-state index in [1.54, 1.807) is 0 Å². The van der Waals surface area contributed by atoms with E-state index in [-0.39, 0.29) is 18.1 Å². The summed E-state index contributed by atoms with van der Waals surface area (Å²) in [6.45, 7) is 6.38. The summed E-state index contributed by atoms with van der Waals surface area (Å²) in [5, 5.41) is 12.4. The van der Waals surface area contributed by atoms with E-state index in [1.807, 2.05) is 4.90 Å². The molecule has 1 saturated heterocycles. The van der Waals surface area contributed by atoms with Crippen molar-refractivity contribution in [3.8, 4) is 0 Å². The standard InChI is InChI=1S/C13H26N2O2/c1-3-5-9-15(10-11-16)12(17)13(4-2)7-6-8-14-13/h14,16H,3-11H2,1-2H3. The molecule has 1 heterocycles. The van der Waals surface area contributed by atoms with Gasteiger partial charge < -0.3 is 15.3 Å². The van der Waals surface area contributed by atoms with E-state index in [0.717, 1.165) is 45.2 Å². The van der Waals surface area contributed by atoms with Gasteiger partial charge in [0.05, 0.1) is 12.1 Å². The number of carbonyl (C=O) groups excluding carboxylic acids is 1. The number of aliphatic hydroxyl groups excluding tert-OH is 1. The Hall–Kier alpha value is -0.610. The minimum atomic E-state index is -0.358. The lowest BCUT2D eigenvalue weighted by Gasteiger charge is -2.33. The lowest BCUT2D eigenvalue weighted by atomic mass is 9.92. The molecule has 1 aliphatic heterocycles. The molecule has 1 aliphatic rings. The second-order valence-corrected chi connectivity index (χ2v) is 4.84. The smallest absolute Gasteiger partial charge is 0.242 e. The van der Waals surface area contributed by atoms with Crippen LogP contribution in [0.25, 0.3) is 0 Å². The summed E-state index contributed by atoms with van der Waals surface area (Å²) in [5.41, 5.74) is -0.358. The number of rotatable bonds is 7. The van der Waals surface area contributed by atoms with Crippen LogP contribution in [-0.4, -0.2) is 47.7 Å². The highest BCUT2D eigenvalue weighted by Gasteiger charge is 2.41. The van der Waals surface area contributed by atoms with Crippen molar-refractivity contribution in [2.75, 3.05) is 26.2 Å². The molecule has 4 heteroatoms. The van der Waals surface area contributed by atoms with Crippen LogP contribution >= 0.6 is 0 Å². The zero-order chi connectivity index (χ0) is 12.7. The zero-order valence-electron chi connectivity index (χ0n) is 11.2. The molecule has 0 saturated carbocycles. The Bertz CT molecular complexity index is 238. The Morgan fingerprint density at radius 2 is 2.18 bits per heavy atom. The van der Waals surface area contributed by atoms with E-state index in [4.69, 9.17) is 5.11 Å². The third-order valence-corrected chi connectivity index (χ3v) is 3.70. The molecule has 1 fully saturated rings. The van der Waals surface area contributed by atoms with Gasteiger partial charge in [0.15, 0.2) is 0 Å². The first kappa shape index (κ1) is 14.5. The van der Waals surface area contributed by atoms with Crippen molar-refractivity contribution >= 4 is 5.91 Å². The predicted octanol–water partition coefficient (Wildman–Crippen LogP) is 1.14. The first-order chi connectivity index (χ1) is 8.20. The Labute approximate surface area is 104 Å². The van der Waals surface area contributed by atoms with Crippen molar-refractivity contribution in [2.24, 2.45) is 0 Å². The average Bonchev–Trinajstić information content (AvgIpc) is 2.83. The van der Waals surface area contributed by atoms with Crippen molar-refractivity contribution in [2.45, 2.75) is 51.5 Å². The summed E-state index contributed by atoms with van der Waals surface area (Å²) in [4.78, 5) is 14.4. The monoisotopic (exact) mass is 242 g/mol. The maximum absolute atomic E-state index is 12.5. The summed E-state index contributed by atoms with van der Waals surface area (Å²) in [5.74, 6) is 0.181. The third kappa shape index (κ3) is 3.42. The number of aliphatic hydroxyl groups is 1. The normalized spacial score (nSPS) is 23.9. The van der Waals surface area contributed by atoms with Crippen LogP contribution in [0.2, 0.25) is 0 Å². The quantitative estimate of drug-likeness (QED) is 0.704. The van der Waals surface area contributed by atoms with E-state index in [0.29, 0.717) is 6.54 Å². The summed E-state index contributed by atoms with van der Waals surface area (Å²) >= 11 is 0. The molecule has 0 aromatic carbocycles. The lowest BCUT2D eigenvalue weighted by molar-refractivity contribution is -0.138. The number of hydrogen-bond donors (Lipinski definition) is 2. The van der Waals surface area contributed by atoms with E-state index in [2.05, 4.69) is 19.2 Å². The number of nitrogens with zero attached hydrogens (tertiary/aromatic N) is 1. The van der Waals surface area contributed by atoms with Crippen molar-refractivity contribution < 1.29 is 9.90 Å². The van der Waals surface area contributed by atoms with Crippen molar-refractivity contribution in [1.29, 1.82) is 0 Å². The molecule has 4 nitrogen and oxygen atoms in total. The fourth-order valence-electron chi connectivity index (χ4n) is 2.53. The fourth-order valence-corrected chi connectivity index (χ4v) is 2.53. The first-order valence-electron chi connectivity index (χ1n) is 6.85. The van der Waals surface area contributed by atoms with Gasteiger partial charge in [0.2, 0.25) is 5.91 Å². The van der Waals surface area contributed by atoms with Crippen LogP contribution < -0.4 is 5.32 Å². The fraction of sp³-hybridized carbons (Fsp3) is 0.923. The van der Waals surface area contributed by atoms with Crippen LogP contribution in [0, 0.1) is 0 Å². The molecule has 0 bridgehead atoms. The van der Waals surface area contributed by atoms with Crippen LogP contribution in [0.3, 0.4) is 0 Å². The highest BCUT2D eigenvalue weighted by Crippen LogP contribution is 2.25. The molecule has 2 N–H and O–H groups in total. The van der Waals surface area contributed by atoms with Gasteiger partial charge in [-0.3, -0.25) is 4.79 Å². The minimum absolute atomic E-state index is 0.0508. The number of unbranched alkanes of at least 4 members (excludes halogenated alkanes) is 1. The molecule has 1 amide bonds. The Kier molecular flexibility index (Phi) is 5.92. The number of nitrogens with one attached hydrogen (secondary N) is 1. The van der Waals surface area contributed by atoms with Gasteiger partial charge in [-0.25, -0.2) is 0 Å². The molecule has 1 rings (SSSR count). The van der Waals surface area contributed by atoms with Gasteiger partial charge >= 0.3 is 0 Å². The predicted molar refractivity (Wildman–Crippen MR) is 68.8 cm³/mol. The molecular weight excluding hydrogens is 216 g/mol. The molecule has 0 aromatic heterocycles. The van der Waals surface area contributed by atoms with Crippen LogP contribution in [0.5, 0.6) is 0 Å². The Morgan fingerprint density at radius 1 is 1.41 bits per heavy atom. The second kappa shape index (κ2) is 6.97. The number of carbonyl (C=O) groups is 1. The lowest BCUT2D eigenvalue weighted by Crippen LogP contribution is -2.55. The zero-order valence-corrected chi connectivity index (χ0v) is 11.2. The first-order valence-corrected chi connectivity index (χ1v) is 6.85.